The molecule has 120 valence electrons. The lowest BCUT2D eigenvalue weighted by Crippen LogP contribution is -2.03. The number of halogens is 1. The van der Waals surface area contributed by atoms with Gasteiger partial charge in [-0.05, 0) is 12.1 Å². The first-order chi connectivity index (χ1) is 12.3. The van der Waals surface area contributed by atoms with E-state index in [0.717, 1.165) is 11.1 Å². The summed E-state index contributed by atoms with van der Waals surface area (Å²) in [5, 5.41) is 9.47. The van der Waals surface area contributed by atoms with E-state index in [9.17, 15) is 9.65 Å². The van der Waals surface area contributed by atoms with E-state index in [1.54, 1.807) is 18.2 Å². The average molecular weight is 326 g/mol. The van der Waals surface area contributed by atoms with Gasteiger partial charge in [0.15, 0.2) is 0 Å². The summed E-state index contributed by atoms with van der Waals surface area (Å²) in [6.45, 7) is 0. The van der Waals surface area contributed by atoms with Crippen LogP contribution in [0, 0.1) is 17.1 Å². The summed E-state index contributed by atoms with van der Waals surface area (Å²) in [4.78, 5) is 4.52. The highest BCUT2D eigenvalue weighted by atomic mass is 19.1. The van der Waals surface area contributed by atoms with Gasteiger partial charge in [-0.15, -0.1) is 0 Å². The molecule has 3 rings (SSSR count). The molecule has 0 amide bonds. The van der Waals surface area contributed by atoms with Crippen LogP contribution >= 0.6 is 0 Å². The molecule has 2 nitrogen and oxygen atoms in total. The van der Waals surface area contributed by atoms with E-state index in [0.29, 0.717) is 11.3 Å². The maximum atomic E-state index is 13.9. The molecule has 0 unspecified atom stereocenters. The van der Waals surface area contributed by atoms with Gasteiger partial charge in [-0.2, -0.15) is 5.26 Å². The van der Waals surface area contributed by atoms with Crippen molar-refractivity contribution in [3.63, 3.8) is 0 Å². The lowest BCUT2D eigenvalue weighted by atomic mass is 10.0. The maximum Gasteiger partial charge on any atom is 0.141 e. The van der Waals surface area contributed by atoms with Crippen molar-refractivity contribution in [1.29, 1.82) is 5.26 Å². The van der Waals surface area contributed by atoms with Crippen molar-refractivity contribution in [2.24, 2.45) is 4.99 Å². The smallest absolute Gasteiger partial charge is 0.141 e. The number of hydrogen-bond acceptors (Lipinski definition) is 2. The lowest BCUT2D eigenvalue weighted by Gasteiger charge is -2.07. The van der Waals surface area contributed by atoms with E-state index >= 15 is 0 Å². The van der Waals surface area contributed by atoms with Gasteiger partial charge in [0.05, 0.1) is 5.71 Å². The van der Waals surface area contributed by atoms with Crippen LogP contribution in [0.1, 0.15) is 16.7 Å². The molecule has 0 aliphatic carbocycles. The highest BCUT2D eigenvalue weighted by Crippen LogP contribution is 2.16. The molecular weight excluding hydrogens is 311 g/mol. The number of nitriles is 1. The second kappa shape index (κ2) is 7.85. The van der Waals surface area contributed by atoms with Gasteiger partial charge in [-0.3, -0.25) is 0 Å². The van der Waals surface area contributed by atoms with Gasteiger partial charge in [0.2, 0.25) is 0 Å². The predicted molar refractivity (Wildman–Crippen MR) is 98.5 cm³/mol. The molecule has 0 N–H and O–H groups in total. The molecule has 0 fully saturated rings. The first-order valence-electron chi connectivity index (χ1n) is 7.84. The molecule has 0 aliphatic rings. The number of allylic oxidation sites excluding steroid dienone is 1. The average Bonchev–Trinajstić information content (AvgIpc) is 2.68. The third-order valence-corrected chi connectivity index (χ3v) is 3.64. The van der Waals surface area contributed by atoms with Crippen LogP contribution in [-0.4, -0.2) is 5.71 Å². The van der Waals surface area contributed by atoms with E-state index in [4.69, 9.17) is 0 Å². The van der Waals surface area contributed by atoms with Crippen molar-refractivity contribution in [3.8, 4) is 6.07 Å². The molecule has 0 aliphatic heterocycles. The van der Waals surface area contributed by atoms with Gasteiger partial charge in [-0.25, -0.2) is 9.38 Å². The minimum Gasteiger partial charge on any atom is -0.236 e. The molecule has 0 heterocycles. The molecule has 3 aromatic carbocycles. The molecule has 0 bridgehead atoms. The van der Waals surface area contributed by atoms with Crippen LogP contribution in [0.2, 0.25) is 0 Å². The second-order valence-corrected chi connectivity index (χ2v) is 5.36. The Morgan fingerprint density at radius 3 is 1.84 bits per heavy atom. The Morgan fingerprint density at radius 2 is 1.32 bits per heavy atom. The van der Waals surface area contributed by atoms with Crippen molar-refractivity contribution in [1.82, 2.24) is 0 Å². The maximum absolute atomic E-state index is 13.9. The highest BCUT2D eigenvalue weighted by Gasteiger charge is 2.08. The van der Waals surface area contributed by atoms with Crippen LogP contribution in [0.15, 0.2) is 95.6 Å². The molecule has 0 aromatic heterocycles. The van der Waals surface area contributed by atoms with Crippen molar-refractivity contribution in [2.75, 3.05) is 0 Å². The van der Waals surface area contributed by atoms with E-state index in [1.807, 2.05) is 60.7 Å². The molecule has 0 spiro atoms. The van der Waals surface area contributed by atoms with Gasteiger partial charge in [0, 0.05) is 16.7 Å². The van der Waals surface area contributed by atoms with Gasteiger partial charge >= 0.3 is 0 Å². The molecule has 0 saturated heterocycles. The number of rotatable bonds is 4. The Morgan fingerprint density at radius 1 is 0.800 bits per heavy atom. The van der Waals surface area contributed by atoms with E-state index < -0.39 is 0 Å². The Hall–Kier alpha value is -3.51. The Balaban J connectivity index is 2.12. The lowest BCUT2D eigenvalue weighted by molar-refractivity contribution is 0.625. The van der Waals surface area contributed by atoms with Gasteiger partial charge < -0.3 is 0 Å². The quantitative estimate of drug-likeness (QED) is 0.478. The normalized spacial score (nSPS) is 10.8. The van der Waals surface area contributed by atoms with Crippen molar-refractivity contribution >= 4 is 11.8 Å². The van der Waals surface area contributed by atoms with Crippen molar-refractivity contribution < 1.29 is 4.39 Å². The summed E-state index contributed by atoms with van der Waals surface area (Å²) in [5.74, 6) is -0.383. The van der Waals surface area contributed by atoms with E-state index in [2.05, 4.69) is 11.1 Å². The summed E-state index contributed by atoms with van der Waals surface area (Å²) in [6, 6.07) is 27.6. The minimum absolute atomic E-state index is 0.146. The Bertz CT molecular complexity index is 911. The minimum atomic E-state index is -0.383. The first-order valence-corrected chi connectivity index (χ1v) is 7.84. The number of hydrogen-bond donors (Lipinski definition) is 0. The highest BCUT2D eigenvalue weighted by molar-refractivity contribution is 6.13. The zero-order valence-corrected chi connectivity index (χ0v) is 13.4. The number of aliphatic imine (C=N–C) groups is 1. The molecule has 0 saturated carbocycles. The summed E-state index contributed by atoms with van der Waals surface area (Å²) in [6.07, 6.45) is 1.46. The molecule has 0 atom stereocenters. The second-order valence-electron chi connectivity index (χ2n) is 5.36. The molecule has 3 heteroatoms. The van der Waals surface area contributed by atoms with Crippen LogP contribution in [0.3, 0.4) is 0 Å². The van der Waals surface area contributed by atoms with Crippen molar-refractivity contribution in [3.05, 3.63) is 113 Å². The van der Waals surface area contributed by atoms with Crippen LogP contribution in [0.5, 0.6) is 0 Å². The standard InChI is InChI=1S/C22H15FN2/c23-21-14-8-7-13-19(21)15-20(16-24)25-22(17-9-3-1-4-10-17)18-11-5-2-6-12-18/h1-15H/b20-15+. The van der Waals surface area contributed by atoms with Crippen LogP contribution in [-0.2, 0) is 0 Å². The summed E-state index contributed by atoms with van der Waals surface area (Å²) in [7, 11) is 0. The zero-order chi connectivity index (χ0) is 17.5. The molecule has 25 heavy (non-hydrogen) atoms. The third-order valence-electron chi connectivity index (χ3n) is 3.64. The Labute approximate surface area is 146 Å². The predicted octanol–water partition coefficient (Wildman–Crippen LogP) is 5.23. The SMILES string of the molecule is N#C/C(=C\c1ccccc1F)N=C(c1ccccc1)c1ccccc1. The molecule has 3 aromatic rings. The molecular formula is C22H15FN2. The zero-order valence-electron chi connectivity index (χ0n) is 13.4. The number of benzene rings is 3. The fourth-order valence-corrected chi connectivity index (χ4v) is 2.44. The third kappa shape index (κ3) is 4.07. The number of nitrogens with zero attached hydrogens (tertiary/aromatic N) is 2. The summed E-state index contributed by atoms with van der Waals surface area (Å²) in [5.41, 5.74) is 2.94. The fourth-order valence-electron chi connectivity index (χ4n) is 2.44. The van der Waals surface area contributed by atoms with Crippen LogP contribution in [0.25, 0.3) is 6.08 Å². The summed E-state index contributed by atoms with van der Waals surface area (Å²) < 4.78 is 13.9. The van der Waals surface area contributed by atoms with Gasteiger partial charge in [-0.1, -0.05) is 78.9 Å². The Kier molecular flexibility index (Phi) is 5.13. The topological polar surface area (TPSA) is 36.1 Å². The van der Waals surface area contributed by atoms with Gasteiger partial charge in [0.25, 0.3) is 0 Å². The van der Waals surface area contributed by atoms with E-state index in [-0.39, 0.29) is 11.5 Å². The summed E-state index contributed by atoms with van der Waals surface area (Å²) >= 11 is 0. The van der Waals surface area contributed by atoms with Gasteiger partial charge in [0.1, 0.15) is 17.6 Å². The van der Waals surface area contributed by atoms with E-state index in [1.165, 1.54) is 12.1 Å². The monoisotopic (exact) mass is 326 g/mol. The first kappa shape index (κ1) is 16.4. The van der Waals surface area contributed by atoms with Crippen LogP contribution in [0.4, 0.5) is 4.39 Å². The largest absolute Gasteiger partial charge is 0.236 e. The fraction of sp³-hybridized carbons (Fsp3) is 0. The van der Waals surface area contributed by atoms with Crippen LogP contribution < -0.4 is 0 Å². The van der Waals surface area contributed by atoms with Crippen molar-refractivity contribution in [2.45, 2.75) is 0 Å². The molecule has 0 radical (unpaired) electrons.